The number of hydrogen-bond acceptors (Lipinski definition) is 8. The SMILES string of the molecule is CCN1c2cc3c(cc2C(C)=CC1(C)C)C(c1ccccc1C(=O)OCC1CC1C)=c1cc2c(cc1O3)=[N+](CC)C(C)(C)C=C2C.[O-][Cl+3]([O-])([O-])[O-]. The van der Waals surface area contributed by atoms with Crippen LogP contribution < -0.4 is 43.4 Å². The van der Waals surface area contributed by atoms with E-state index in [1.54, 1.807) is 0 Å². The Morgan fingerprint density at radius 3 is 2.20 bits per heavy atom. The molecule has 1 fully saturated rings. The fourth-order valence-electron chi connectivity index (χ4n) is 8.25. The van der Waals surface area contributed by atoms with Gasteiger partial charge in [0.05, 0.1) is 23.8 Å². The molecular formula is C41H47ClN2O7. The van der Waals surface area contributed by atoms with Gasteiger partial charge in [0.15, 0.2) is 5.54 Å². The second kappa shape index (κ2) is 13.2. The molecule has 0 N–H and O–H groups in total. The normalized spacial score (nSPS) is 20.7. The van der Waals surface area contributed by atoms with E-state index in [4.69, 9.17) is 28.1 Å². The van der Waals surface area contributed by atoms with Crippen LogP contribution in [0.25, 0.3) is 16.7 Å². The van der Waals surface area contributed by atoms with Gasteiger partial charge >= 0.3 is 5.97 Å². The highest BCUT2D eigenvalue weighted by Gasteiger charge is 2.37. The van der Waals surface area contributed by atoms with Crippen LogP contribution in [0.1, 0.15) is 101 Å². The Labute approximate surface area is 302 Å². The van der Waals surface area contributed by atoms with Gasteiger partial charge in [-0.05, 0) is 101 Å². The number of nitrogens with zero attached hydrogens (tertiary/aromatic N) is 2. The van der Waals surface area contributed by atoms with Gasteiger partial charge in [-0.2, -0.15) is 0 Å². The fourth-order valence-corrected chi connectivity index (χ4v) is 8.25. The van der Waals surface area contributed by atoms with Crippen molar-refractivity contribution in [3.63, 3.8) is 0 Å². The highest BCUT2D eigenvalue weighted by molar-refractivity contribution is 6.00. The molecule has 10 heteroatoms. The van der Waals surface area contributed by atoms with Gasteiger partial charge in [0.1, 0.15) is 18.0 Å². The summed E-state index contributed by atoms with van der Waals surface area (Å²) in [5, 5.41) is 2.17. The van der Waals surface area contributed by atoms with E-state index < -0.39 is 10.2 Å². The number of likely N-dealkylation sites (N-methyl/N-ethyl adjacent to an activating group) is 2. The average Bonchev–Trinajstić information content (AvgIpc) is 3.74. The van der Waals surface area contributed by atoms with Crippen molar-refractivity contribution in [2.75, 3.05) is 24.6 Å². The number of esters is 1. The molecule has 270 valence electrons. The number of hydrogen-bond donors (Lipinski definition) is 0. The summed E-state index contributed by atoms with van der Waals surface area (Å²) in [5.74, 6) is 2.44. The Morgan fingerprint density at radius 2 is 1.57 bits per heavy atom. The number of fused-ring (bicyclic) bond motifs is 4. The Hall–Kier alpha value is -3.99. The first-order chi connectivity index (χ1) is 23.8. The zero-order valence-electron chi connectivity index (χ0n) is 30.9. The molecule has 2 atom stereocenters. The van der Waals surface area contributed by atoms with Crippen molar-refractivity contribution in [1.82, 2.24) is 4.58 Å². The molecule has 1 aliphatic carbocycles. The number of halogens is 1. The lowest BCUT2D eigenvalue weighted by molar-refractivity contribution is -2.00. The smallest absolute Gasteiger partial charge is 0.338 e. The standard InChI is InChI=1S/C41H47N2O3.ClHO4/c1-10-42-34-19-36-32(17-30(34)25(4)21-40(42,6)7)38(28-14-12-13-15-29(28)39(44)45-23-27-16-24(27)3)33-18-31-26(5)22-41(8,9)43(11-2)35(31)20-37(33)46-36;2-1(3,4)5/h12-15,17-22,24,27H,10-11,16,23H2,1-9H3;(H,2,3,4,5)/q+1;/p-1. The Balaban J connectivity index is 0.000000839. The second-order valence-electron chi connectivity index (χ2n) is 15.2. The van der Waals surface area contributed by atoms with Crippen molar-refractivity contribution in [1.29, 1.82) is 0 Å². The number of anilines is 1. The number of ether oxygens (including phenoxy) is 2. The average molecular weight is 715 g/mol. The third-order valence-electron chi connectivity index (χ3n) is 10.7. The van der Waals surface area contributed by atoms with Gasteiger partial charge in [-0.3, -0.25) is 0 Å². The number of benzene rings is 3. The minimum atomic E-state index is -4.94. The third-order valence-corrected chi connectivity index (χ3v) is 10.7. The summed E-state index contributed by atoms with van der Waals surface area (Å²) in [7, 11) is -4.94. The van der Waals surface area contributed by atoms with E-state index >= 15 is 0 Å². The minimum Gasteiger partial charge on any atom is -0.462 e. The van der Waals surface area contributed by atoms with Crippen molar-refractivity contribution in [2.45, 2.75) is 79.8 Å². The quantitative estimate of drug-likeness (QED) is 0.220. The summed E-state index contributed by atoms with van der Waals surface area (Å²) in [6.07, 6.45) is 5.84. The van der Waals surface area contributed by atoms with Crippen LogP contribution in [0.3, 0.4) is 0 Å². The number of carbonyl (C=O) groups is 1. The monoisotopic (exact) mass is 714 g/mol. The Kier molecular flexibility index (Phi) is 9.53. The molecule has 2 unspecified atom stereocenters. The van der Waals surface area contributed by atoms with Crippen LogP contribution >= 0.6 is 0 Å². The van der Waals surface area contributed by atoms with Crippen LogP contribution in [0.2, 0.25) is 0 Å². The van der Waals surface area contributed by atoms with Gasteiger partial charge in [-0.1, -0.05) is 31.2 Å². The molecule has 0 saturated heterocycles. The summed E-state index contributed by atoms with van der Waals surface area (Å²) >= 11 is 0. The molecule has 51 heavy (non-hydrogen) atoms. The Bertz CT molecular complexity index is 2100. The molecule has 0 aromatic heterocycles. The van der Waals surface area contributed by atoms with Crippen LogP contribution in [0.15, 0.2) is 60.7 Å². The van der Waals surface area contributed by atoms with Crippen LogP contribution in [0.5, 0.6) is 11.5 Å². The minimum absolute atomic E-state index is 0.120. The number of rotatable bonds is 6. The molecule has 3 aromatic rings. The zero-order valence-corrected chi connectivity index (χ0v) is 31.6. The molecule has 4 aliphatic rings. The lowest BCUT2D eigenvalue weighted by Gasteiger charge is -2.43. The lowest BCUT2D eigenvalue weighted by atomic mass is 9.83. The van der Waals surface area contributed by atoms with E-state index in [2.05, 4.69) is 114 Å². The van der Waals surface area contributed by atoms with Crippen LogP contribution in [0, 0.1) is 22.1 Å². The van der Waals surface area contributed by atoms with E-state index in [9.17, 15) is 4.79 Å². The molecule has 0 bridgehead atoms. The van der Waals surface area contributed by atoms with Gasteiger partial charge in [-0.25, -0.2) is 28.0 Å². The molecule has 3 aliphatic heterocycles. The molecule has 0 spiro atoms. The molecule has 9 nitrogen and oxygen atoms in total. The third kappa shape index (κ3) is 7.10. The van der Waals surface area contributed by atoms with Gasteiger partial charge in [0, 0.05) is 59.6 Å². The van der Waals surface area contributed by atoms with Gasteiger partial charge in [0.25, 0.3) is 0 Å². The summed E-state index contributed by atoms with van der Waals surface area (Å²) in [6, 6.07) is 16.9. The molecule has 1 saturated carbocycles. The summed E-state index contributed by atoms with van der Waals surface area (Å²) in [6.45, 7) is 22.3. The first-order valence-electron chi connectivity index (χ1n) is 17.6. The molecule has 7 rings (SSSR count). The number of allylic oxidation sites excluding steroid dienone is 2. The predicted octanol–water partition coefficient (Wildman–Crippen LogP) is 2.82. The first kappa shape index (κ1) is 36.8. The van der Waals surface area contributed by atoms with Crippen molar-refractivity contribution < 1.29 is 43.1 Å². The van der Waals surface area contributed by atoms with Crippen LogP contribution in [0.4, 0.5) is 5.69 Å². The fraction of sp³-hybridized carbons (Fsp3) is 0.415. The molecule has 0 amide bonds. The van der Waals surface area contributed by atoms with Gasteiger partial charge in [-0.15, -0.1) is 10.2 Å². The highest BCUT2D eigenvalue weighted by Crippen LogP contribution is 2.47. The zero-order chi connectivity index (χ0) is 37.2. The van der Waals surface area contributed by atoms with Crippen LogP contribution in [-0.4, -0.2) is 36.7 Å². The van der Waals surface area contributed by atoms with E-state index in [1.807, 2.05) is 18.2 Å². The van der Waals surface area contributed by atoms with Crippen molar-refractivity contribution in [3.8, 4) is 11.5 Å². The maximum atomic E-state index is 13.7. The Morgan fingerprint density at radius 1 is 0.922 bits per heavy atom. The van der Waals surface area contributed by atoms with Crippen molar-refractivity contribution >= 4 is 28.4 Å². The van der Waals surface area contributed by atoms with Gasteiger partial charge in [0.2, 0.25) is 5.36 Å². The van der Waals surface area contributed by atoms with E-state index in [0.29, 0.717) is 24.0 Å². The van der Waals surface area contributed by atoms with E-state index in [-0.39, 0.29) is 17.0 Å². The molecular weight excluding hydrogens is 668 g/mol. The van der Waals surface area contributed by atoms with E-state index in [1.165, 1.54) is 33.3 Å². The van der Waals surface area contributed by atoms with E-state index in [0.717, 1.165) is 52.9 Å². The molecule has 3 aromatic carbocycles. The maximum absolute atomic E-state index is 13.7. The molecule has 3 heterocycles. The van der Waals surface area contributed by atoms with Crippen LogP contribution in [-0.2, 0) is 4.74 Å². The summed E-state index contributed by atoms with van der Waals surface area (Å²) in [5.41, 5.74) is 9.28. The highest BCUT2D eigenvalue weighted by atomic mass is 35.7. The number of carbonyl (C=O) groups excluding carboxylic acids is 1. The topological polar surface area (TPSA) is 134 Å². The largest absolute Gasteiger partial charge is 0.462 e. The predicted molar refractivity (Wildman–Crippen MR) is 188 cm³/mol. The van der Waals surface area contributed by atoms with Crippen molar-refractivity contribution in [2.24, 2.45) is 11.8 Å². The summed E-state index contributed by atoms with van der Waals surface area (Å²) in [4.78, 5) is 16.2. The summed E-state index contributed by atoms with van der Waals surface area (Å²) < 4.78 is 49.3. The van der Waals surface area contributed by atoms with Gasteiger partial charge < -0.3 is 14.4 Å². The molecule has 0 radical (unpaired) electrons. The van der Waals surface area contributed by atoms with Crippen molar-refractivity contribution in [3.05, 3.63) is 99.1 Å². The lowest BCUT2D eigenvalue weighted by Crippen LogP contribution is -2.68. The first-order valence-corrected chi connectivity index (χ1v) is 18.8. The maximum Gasteiger partial charge on any atom is 0.338 e. The second-order valence-corrected chi connectivity index (χ2v) is 15.9.